The van der Waals surface area contributed by atoms with E-state index in [1.165, 1.54) is 0 Å². The van der Waals surface area contributed by atoms with Gasteiger partial charge in [-0.1, -0.05) is 0 Å². The molecule has 0 atom stereocenters. The Balaban J connectivity index is 1.84. The molecule has 1 aliphatic heterocycles. The zero-order valence-electron chi connectivity index (χ0n) is 10.5. The largest absolute Gasteiger partial charge is 0.480 e. The number of carboxylic acid groups (broad SMARTS) is 1. The summed E-state index contributed by atoms with van der Waals surface area (Å²) in [5, 5.41) is 14.2. The van der Waals surface area contributed by atoms with Crippen LogP contribution in [-0.2, 0) is 14.6 Å². The minimum Gasteiger partial charge on any atom is -0.480 e. The van der Waals surface area contributed by atoms with Crippen LogP contribution in [0.5, 0.6) is 0 Å². The highest BCUT2D eigenvalue weighted by molar-refractivity contribution is 7.91. The topological polar surface area (TPSA) is 113 Å². The molecule has 1 saturated heterocycles. The van der Waals surface area contributed by atoms with Gasteiger partial charge in [-0.15, -0.1) is 0 Å². The van der Waals surface area contributed by atoms with Gasteiger partial charge in [0.05, 0.1) is 11.5 Å². The molecule has 7 nitrogen and oxygen atoms in total. The summed E-state index contributed by atoms with van der Waals surface area (Å²) in [6.07, 6.45) is 2.43. The van der Waals surface area contributed by atoms with E-state index in [4.69, 9.17) is 5.11 Å². The van der Waals surface area contributed by atoms with E-state index in [9.17, 15) is 18.0 Å². The van der Waals surface area contributed by atoms with Crippen LogP contribution in [0.1, 0.15) is 32.1 Å². The van der Waals surface area contributed by atoms with Gasteiger partial charge in [0.1, 0.15) is 15.4 Å². The van der Waals surface area contributed by atoms with Crippen molar-refractivity contribution in [2.45, 2.75) is 43.7 Å². The lowest BCUT2D eigenvalue weighted by atomic mass is 9.77. The maximum atomic E-state index is 11.8. The molecule has 1 aliphatic carbocycles. The molecule has 3 N–H and O–H groups in total. The summed E-state index contributed by atoms with van der Waals surface area (Å²) in [5.74, 6) is -0.871. The molecule has 0 radical (unpaired) electrons. The standard InChI is InChI=1S/C11H18N2O5S/c14-9(15)11(4-1-5-11)13-10(16)12-8-2-6-19(17,18)7-3-8/h8H,1-7H2,(H,14,15)(H2,12,13,16). The molecule has 2 rings (SSSR count). The third kappa shape index (κ3) is 3.17. The van der Waals surface area contributed by atoms with Gasteiger partial charge >= 0.3 is 12.0 Å². The molecule has 2 amide bonds. The molecule has 2 fully saturated rings. The Kier molecular flexibility index (Phi) is 3.71. The summed E-state index contributed by atoms with van der Waals surface area (Å²) in [7, 11) is -2.96. The van der Waals surface area contributed by atoms with E-state index in [2.05, 4.69) is 10.6 Å². The van der Waals surface area contributed by atoms with Crippen LogP contribution < -0.4 is 10.6 Å². The average Bonchev–Trinajstić information content (AvgIpc) is 2.26. The number of urea groups is 1. The second-order valence-electron chi connectivity index (χ2n) is 5.27. The predicted molar refractivity (Wildman–Crippen MR) is 67.6 cm³/mol. The molecular formula is C11H18N2O5S. The number of nitrogens with one attached hydrogen (secondary N) is 2. The van der Waals surface area contributed by atoms with Crippen LogP contribution in [0.2, 0.25) is 0 Å². The second kappa shape index (κ2) is 4.99. The van der Waals surface area contributed by atoms with Crippen molar-refractivity contribution in [2.75, 3.05) is 11.5 Å². The van der Waals surface area contributed by atoms with Gasteiger partial charge in [0.25, 0.3) is 0 Å². The van der Waals surface area contributed by atoms with Crippen LogP contribution in [0.4, 0.5) is 4.79 Å². The molecule has 8 heteroatoms. The lowest BCUT2D eigenvalue weighted by molar-refractivity contribution is -0.148. The lowest BCUT2D eigenvalue weighted by Crippen LogP contribution is -2.62. The smallest absolute Gasteiger partial charge is 0.329 e. The highest BCUT2D eigenvalue weighted by atomic mass is 32.2. The van der Waals surface area contributed by atoms with Crippen LogP contribution in [0.15, 0.2) is 0 Å². The molecule has 0 spiro atoms. The minimum atomic E-state index is -2.96. The van der Waals surface area contributed by atoms with Gasteiger partial charge in [0, 0.05) is 6.04 Å². The maximum Gasteiger partial charge on any atom is 0.329 e. The fourth-order valence-electron chi connectivity index (χ4n) is 2.40. The summed E-state index contributed by atoms with van der Waals surface area (Å²) in [5.41, 5.74) is -1.13. The average molecular weight is 290 g/mol. The Hall–Kier alpha value is -1.31. The number of amides is 2. The number of hydrogen-bond donors (Lipinski definition) is 3. The normalized spacial score (nSPS) is 25.1. The fourth-order valence-corrected chi connectivity index (χ4v) is 3.89. The van der Waals surface area contributed by atoms with Gasteiger partial charge in [-0.3, -0.25) is 0 Å². The molecule has 19 heavy (non-hydrogen) atoms. The number of carboxylic acids is 1. The summed E-state index contributed by atoms with van der Waals surface area (Å²) < 4.78 is 22.5. The van der Waals surface area contributed by atoms with Gasteiger partial charge < -0.3 is 15.7 Å². The van der Waals surface area contributed by atoms with Crippen molar-refractivity contribution < 1.29 is 23.1 Å². The van der Waals surface area contributed by atoms with Crippen LogP contribution in [0.25, 0.3) is 0 Å². The SMILES string of the molecule is O=C(NC1CCS(=O)(=O)CC1)NC1(C(=O)O)CCC1. The molecule has 1 heterocycles. The number of carbonyl (C=O) groups excluding carboxylic acids is 1. The van der Waals surface area contributed by atoms with E-state index in [1.54, 1.807) is 0 Å². The van der Waals surface area contributed by atoms with Crippen molar-refractivity contribution in [1.29, 1.82) is 0 Å². The van der Waals surface area contributed by atoms with Crippen molar-refractivity contribution in [3.63, 3.8) is 0 Å². The van der Waals surface area contributed by atoms with Crippen LogP contribution >= 0.6 is 0 Å². The van der Waals surface area contributed by atoms with E-state index in [0.717, 1.165) is 6.42 Å². The fraction of sp³-hybridized carbons (Fsp3) is 0.818. The zero-order valence-corrected chi connectivity index (χ0v) is 11.3. The Morgan fingerprint density at radius 2 is 1.74 bits per heavy atom. The van der Waals surface area contributed by atoms with E-state index < -0.39 is 27.4 Å². The minimum absolute atomic E-state index is 0.0714. The summed E-state index contributed by atoms with van der Waals surface area (Å²) in [6.45, 7) is 0. The summed E-state index contributed by atoms with van der Waals surface area (Å²) in [4.78, 5) is 22.8. The first-order valence-corrected chi connectivity index (χ1v) is 8.18. The first kappa shape index (κ1) is 14.1. The highest BCUT2D eigenvalue weighted by Crippen LogP contribution is 2.31. The number of rotatable bonds is 3. The Bertz CT molecular complexity index is 469. The van der Waals surface area contributed by atoms with Crippen LogP contribution in [0.3, 0.4) is 0 Å². The number of carbonyl (C=O) groups is 2. The van der Waals surface area contributed by atoms with E-state index in [0.29, 0.717) is 25.7 Å². The first-order valence-electron chi connectivity index (χ1n) is 6.35. The summed E-state index contributed by atoms with van der Waals surface area (Å²) >= 11 is 0. The third-order valence-corrected chi connectivity index (χ3v) is 5.57. The van der Waals surface area contributed by atoms with E-state index in [1.807, 2.05) is 0 Å². The molecule has 0 aromatic rings. The monoisotopic (exact) mass is 290 g/mol. The van der Waals surface area contributed by atoms with Crippen LogP contribution in [0, 0.1) is 0 Å². The molecule has 0 aromatic heterocycles. The number of hydrogen-bond acceptors (Lipinski definition) is 4. The summed E-state index contributed by atoms with van der Waals surface area (Å²) in [6, 6.07) is -0.721. The number of aliphatic carboxylic acids is 1. The Labute approximate surface area is 111 Å². The van der Waals surface area contributed by atoms with Crippen molar-refractivity contribution in [2.24, 2.45) is 0 Å². The van der Waals surface area contributed by atoms with Crippen LogP contribution in [-0.4, -0.2) is 48.6 Å². The van der Waals surface area contributed by atoms with Gasteiger partial charge in [-0.2, -0.15) is 0 Å². The number of sulfone groups is 1. The molecule has 2 aliphatic rings. The molecule has 0 bridgehead atoms. The first-order chi connectivity index (χ1) is 8.83. The molecule has 0 unspecified atom stereocenters. The van der Waals surface area contributed by atoms with E-state index in [-0.39, 0.29) is 17.5 Å². The Morgan fingerprint density at radius 1 is 1.16 bits per heavy atom. The predicted octanol–water partition coefficient (Wildman–Crippen LogP) is -0.130. The van der Waals surface area contributed by atoms with Crippen molar-refractivity contribution in [3.05, 3.63) is 0 Å². The second-order valence-corrected chi connectivity index (χ2v) is 7.57. The van der Waals surface area contributed by atoms with Crippen molar-refractivity contribution in [1.82, 2.24) is 10.6 Å². The van der Waals surface area contributed by atoms with Gasteiger partial charge in [0.2, 0.25) is 0 Å². The van der Waals surface area contributed by atoms with Gasteiger partial charge in [-0.05, 0) is 32.1 Å². The quantitative estimate of drug-likeness (QED) is 0.670. The van der Waals surface area contributed by atoms with E-state index >= 15 is 0 Å². The highest BCUT2D eigenvalue weighted by Gasteiger charge is 2.45. The maximum absolute atomic E-state index is 11.8. The van der Waals surface area contributed by atoms with Gasteiger partial charge in [0.15, 0.2) is 0 Å². The third-order valence-electron chi connectivity index (χ3n) is 3.86. The van der Waals surface area contributed by atoms with Crippen molar-refractivity contribution in [3.8, 4) is 0 Å². The molecule has 0 aromatic carbocycles. The zero-order chi connectivity index (χ0) is 14.1. The molecule has 108 valence electrons. The Morgan fingerprint density at radius 3 is 2.16 bits per heavy atom. The van der Waals surface area contributed by atoms with Gasteiger partial charge in [-0.25, -0.2) is 18.0 Å². The van der Waals surface area contributed by atoms with Crippen molar-refractivity contribution >= 4 is 21.8 Å². The molecule has 1 saturated carbocycles. The lowest BCUT2D eigenvalue weighted by Gasteiger charge is -2.38. The molecular weight excluding hydrogens is 272 g/mol.